The lowest BCUT2D eigenvalue weighted by Crippen LogP contribution is -1.79. The van der Waals surface area contributed by atoms with Gasteiger partial charge in [-0.3, -0.25) is 0 Å². The fourth-order valence-corrected chi connectivity index (χ4v) is 1.62. The van der Waals surface area contributed by atoms with Gasteiger partial charge in [0.2, 0.25) is 5.82 Å². The smallest absolute Gasteiger partial charge is 0.261 e. The van der Waals surface area contributed by atoms with Crippen LogP contribution in [-0.4, -0.2) is 15.2 Å². The summed E-state index contributed by atoms with van der Waals surface area (Å²) < 4.78 is 10.4. The van der Waals surface area contributed by atoms with Crippen molar-refractivity contribution in [1.29, 1.82) is 0 Å². The molecule has 2 heterocycles. The van der Waals surface area contributed by atoms with Crippen molar-refractivity contribution in [2.24, 2.45) is 0 Å². The molecule has 5 heteroatoms. The van der Waals surface area contributed by atoms with Crippen LogP contribution >= 0.6 is 0 Å². The van der Waals surface area contributed by atoms with E-state index < -0.39 is 0 Å². The highest BCUT2D eigenvalue weighted by Crippen LogP contribution is 2.24. The summed E-state index contributed by atoms with van der Waals surface area (Å²) in [6.07, 6.45) is 1.57. The fourth-order valence-electron chi connectivity index (χ4n) is 1.62. The third-order valence-corrected chi connectivity index (χ3v) is 2.53. The molecular weight excluding hydrogens is 232 g/mol. The largest absolute Gasteiger partial charge is 0.508 e. The van der Waals surface area contributed by atoms with E-state index in [0.717, 1.165) is 16.9 Å². The molecule has 0 aliphatic carbocycles. The monoisotopic (exact) mass is 242 g/mol. The molecule has 90 valence electrons. The average Bonchev–Trinajstić information content (AvgIpc) is 2.98. The van der Waals surface area contributed by atoms with E-state index in [4.69, 9.17) is 8.94 Å². The van der Waals surface area contributed by atoms with Gasteiger partial charge >= 0.3 is 0 Å². The van der Waals surface area contributed by atoms with Crippen LogP contribution in [0, 0.1) is 6.92 Å². The Bertz CT molecular complexity index is 668. The highest BCUT2D eigenvalue weighted by molar-refractivity contribution is 5.59. The Morgan fingerprint density at radius 1 is 1.11 bits per heavy atom. The number of benzene rings is 1. The minimum Gasteiger partial charge on any atom is -0.508 e. The van der Waals surface area contributed by atoms with Gasteiger partial charge < -0.3 is 14.0 Å². The van der Waals surface area contributed by atoms with Gasteiger partial charge in [0.1, 0.15) is 17.8 Å². The number of rotatable bonds is 2. The van der Waals surface area contributed by atoms with Crippen LogP contribution in [0.5, 0.6) is 5.75 Å². The van der Waals surface area contributed by atoms with Gasteiger partial charge in [0.15, 0.2) is 0 Å². The SMILES string of the molecule is Cc1cc(-c2nc(-c3ccc(O)cc3)no2)co1. The highest BCUT2D eigenvalue weighted by atomic mass is 16.5. The molecule has 1 N–H and O–H groups in total. The maximum atomic E-state index is 9.21. The van der Waals surface area contributed by atoms with Crippen molar-refractivity contribution in [2.45, 2.75) is 6.92 Å². The van der Waals surface area contributed by atoms with Gasteiger partial charge in [0.25, 0.3) is 5.89 Å². The molecule has 0 fully saturated rings. The molecular formula is C13H10N2O3. The zero-order chi connectivity index (χ0) is 12.5. The topological polar surface area (TPSA) is 72.3 Å². The Balaban J connectivity index is 1.96. The van der Waals surface area contributed by atoms with Gasteiger partial charge in [-0.25, -0.2) is 0 Å². The summed E-state index contributed by atoms with van der Waals surface area (Å²) in [7, 11) is 0. The quantitative estimate of drug-likeness (QED) is 0.747. The molecule has 1 aromatic carbocycles. The fraction of sp³-hybridized carbons (Fsp3) is 0.0769. The molecule has 0 unspecified atom stereocenters. The lowest BCUT2D eigenvalue weighted by Gasteiger charge is -1.93. The number of furan rings is 1. The van der Waals surface area contributed by atoms with Gasteiger partial charge in [-0.1, -0.05) is 5.16 Å². The molecule has 0 amide bonds. The van der Waals surface area contributed by atoms with E-state index in [0.29, 0.717) is 11.7 Å². The summed E-state index contributed by atoms with van der Waals surface area (Å²) in [5.41, 5.74) is 1.54. The second kappa shape index (κ2) is 4.03. The molecule has 5 nitrogen and oxygen atoms in total. The van der Waals surface area contributed by atoms with E-state index >= 15 is 0 Å². The number of aromatic nitrogens is 2. The van der Waals surface area contributed by atoms with Crippen molar-refractivity contribution in [2.75, 3.05) is 0 Å². The first-order valence-electron chi connectivity index (χ1n) is 5.41. The number of phenols is 1. The van der Waals surface area contributed by atoms with Crippen LogP contribution in [0.3, 0.4) is 0 Å². The minimum atomic E-state index is 0.202. The summed E-state index contributed by atoms with van der Waals surface area (Å²) in [6, 6.07) is 8.43. The highest BCUT2D eigenvalue weighted by Gasteiger charge is 2.12. The first kappa shape index (κ1) is 10.6. The molecule has 2 aromatic heterocycles. The zero-order valence-corrected chi connectivity index (χ0v) is 9.62. The summed E-state index contributed by atoms with van der Waals surface area (Å²) in [6.45, 7) is 1.85. The molecule has 0 aliphatic heterocycles. The lowest BCUT2D eigenvalue weighted by atomic mass is 10.2. The predicted molar refractivity (Wildman–Crippen MR) is 63.8 cm³/mol. The molecule has 18 heavy (non-hydrogen) atoms. The van der Waals surface area contributed by atoms with E-state index in [9.17, 15) is 5.11 Å². The van der Waals surface area contributed by atoms with E-state index in [2.05, 4.69) is 10.1 Å². The third-order valence-electron chi connectivity index (χ3n) is 2.53. The second-order valence-corrected chi connectivity index (χ2v) is 3.92. The summed E-state index contributed by atoms with van der Waals surface area (Å²) in [5, 5.41) is 13.1. The Hall–Kier alpha value is -2.56. The molecule has 0 spiro atoms. The Morgan fingerprint density at radius 3 is 2.56 bits per heavy atom. The van der Waals surface area contributed by atoms with Crippen molar-refractivity contribution >= 4 is 0 Å². The predicted octanol–water partition coefficient (Wildman–Crippen LogP) is 3.01. The zero-order valence-electron chi connectivity index (χ0n) is 9.62. The van der Waals surface area contributed by atoms with Crippen LogP contribution in [0.1, 0.15) is 5.76 Å². The Morgan fingerprint density at radius 2 is 1.89 bits per heavy atom. The maximum absolute atomic E-state index is 9.21. The van der Waals surface area contributed by atoms with Crippen LogP contribution in [0.15, 0.2) is 45.5 Å². The van der Waals surface area contributed by atoms with Crippen molar-refractivity contribution in [3.8, 4) is 28.6 Å². The van der Waals surface area contributed by atoms with Gasteiger partial charge in [0, 0.05) is 5.56 Å². The van der Waals surface area contributed by atoms with Crippen molar-refractivity contribution in [1.82, 2.24) is 10.1 Å². The number of aromatic hydroxyl groups is 1. The van der Waals surface area contributed by atoms with Crippen LogP contribution in [0.25, 0.3) is 22.8 Å². The molecule has 0 saturated heterocycles. The van der Waals surface area contributed by atoms with Crippen LogP contribution in [-0.2, 0) is 0 Å². The number of aryl methyl sites for hydroxylation is 1. The summed E-state index contributed by atoms with van der Waals surface area (Å²) >= 11 is 0. The minimum absolute atomic E-state index is 0.202. The van der Waals surface area contributed by atoms with Crippen LogP contribution in [0.4, 0.5) is 0 Å². The second-order valence-electron chi connectivity index (χ2n) is 3.92. The lowest BCUT2D eigenvalue weighted by molar-refractivity contribution is 0.431. The van der Waals surface area contributed by atoms with Gasteiger partial charge in [-0.05, 0) is 37.3 Å². The molecule has 3 aromatic rings. The van der Waals surface area contributed by atoms with E-state index in [1.54, 1.807) is 30.5 Å². The van der Waals surface area contributed by atoms with Crippen molar-refractivity contribution in [3.63, 3.8) is 0 Å². The number of hydrogen-bond donors (Lipinski definition) is 1. The Labute approximate surface area is 103 Å². The number of phenolic OH excluding ortho intramolecular Hbond substituents is 1. The van der Waals surface area contributed by atoms with Gasteiger partial charge in [-0.2, -0.15) is 4.98 Å². The third kappa shape index (κ3) is 1.86. The van der Waals surface area contributed by atoms with Crippen molar-refractivity contribution in [3.05, 3.63) is 42.4 Å². The molecule has 0 saturated carbocycles. The van der Waals surface area contributed by atoms with Gasteiger partial charge in [0.05, 0.1) is 5.56 Å². The molecule has 0 radical (unpaired) electrons. The van der Waals surface area contributed by atoms with Crippen LogP contribution < -0.4 is 0 Å². The Kier molecular flexibility index (Phi) is 2.37. The van der Waals surface area contributed by atoms with E-state index in [-0.39, 0.29) is 5.75 Å². The first-order chi connectivity index (χ1) is 8.72. The normalized spacial score (nSPS) is 10.7. The van der Waals surface area contributed by atoms with Crippen LogP contribution in [0.2, 0.25) is 0 Å². The summed E-state index contributed by atoms with van der Waals surface area (Å²) in [5.74, 6) is 1.88. The average molecular weight is 242 g/mol. The number of nitrogens with zero attached hydrogens (tertiary/aromatic N) is 2. The molecule has 0 atom stereocenters. The van der Waals surface area contributed by atoms with E-state index in [1.807, 2.05) is 13.0 Å². The summed E-state index contributed by atoms with van der Waals surface area (Å²) in [4.78, 5) is 4.27. The number of hydrogen-bond acceptors (Lipinski definition) is 5. The molecule has 0 bridgehead atoms. The first-order valence-corrected chi connectivity index (χ1v) is 5.41. The van der Waals surface area contributed by atoms with E-state index in [1.165, 1.54) is 0 Å². The molecule has 3 rings (SSSR count). The van der Waals surface area contributed by atoms with Crippen molar-refractivity contribution < 1.29 is 14.0 Å². The maximum Gasteiger partial charge on any atom is 0.261 e. The molecule has 0 aliphatic rings. The van der Waals surface area contributed by atoms with Gasteiger partial charge in [-0.15, -0.1) is 0 Å². The standard InChI is InChI=1S/C13H10N2O3/c1-8-6-10(7-17-8)13-14-12(15-18-13)9-2-4-11(16)5-3-9/h2-7,16H,1H3.